The van der Waals surface area contributed by atoms with E-state index in [1.807, 2.05) is 42.5 Å². The van der Waals surface area contributed by atoms with Crippen LogP contribution in [0.2, 0.25) is 0 Å². The molecule has 0 radical (unpaired) electrons. The van der Waals surface area contributed by atoms with Gasteiger partial charge >= 0.3 is 0 Å². The monoisotopic (exact) mass is 526 g/mol. The molecule has 0 spiro atoms. The summed E-state index contributed by atoms with van der Waals surface area (Å²) in [5.74, 6) is 1.78. The fourth-order valence-corrected chi connectivity index (χ4v) is 7.10. The van der Waals surface area contributed by atoms with Crippen LogP contribution < -0.4 is 4.74 Å². The second-order valence-electron chi connectivity index (χ2n) is 9.88. The molecule has 5 aromatic carbocycles. The SMILES string of the molecule is N#CC(C#N)=C1c2ccccc2-c2cc(-c3ccc(-c4ccc5c6c(cccc46)Oc4ccccc4-5)s3)ccc21. The van der Waals surface area contributed by atoms with E-state index >= 15 is 0 Å². The first-order chi connectivity index (χ1) is 19.7. The molecule has 1 aliphatic carbocycles. The molecule has 0 bridgehead atoms. The summed E-state index contributed by atoms with van der Waals surface area (Å²) < 4.78 is 6.29. The zero-order valence-corrected chi connectivity index (χ0v) is 21.9. The second kappa shape index (κ2) is 8.55. The van der Waals surface area contributed by atoms with Crippen LogP contribution in [0.5, 0.6) is 11.5 Å². The summed E-state index contributed by atoms with van der Waals surface area (Å²) >= 11 is 1.76. The Kier molecular flexibility index (Phi) is 4.82. The number of thiophene rings is 1. The van der Waals surface area contributed by atoms with Crippen LogP contribution in [0.3, 0.4) is 0 Å². The number of para-hydroxylation sites is 1. The summed E-state index contributed by atoms with van der Waals surface area (Å²) in [5.41, 5.74) is 9.46. The molecule has 0 amide bonds. The fourth-order valence-electron chi connectivity index (χ4n) is 6.06. The predicted molar refractivity (Wildman–Crippen MR) is 161 cm³/mol. The Bertz CT molecular complexity index is 2150. The van der Waals surface area contributed by atoms with Gasteiger partial charge in [0.25, 0.3) is 0 Å². The molecule has 0 atom stereocenters. The van der Waals surface area contributed by atoms with Crippen LogP contribution in [0.25, 0.3) is 59.5 Å². The molecular weight excluding hydrogens is 508 g/mol. The molecule has 40 heavy (non-hydrogen) atoms. The van der Waals surface area contributed by atoms with Gasteiger partial charge in [-0.25, -0.2) is 0 Å². The van der Waals surface area contributed by atoms with Crippen molar-refractivity contribution in [1.29, 1.82) is 10.5 Å². The minimum absolute atomic E-state index is 0.145. The van der Waals surface area contributed by atoms with Crippen molar-refractivity contribution >= 4 is 27.7 Å². The maximum absolute atomic E-state index is 9.62. The molecule has 2 aliphatic rings. The van der Waals surface area contributed by atoms with Gasteiger partial charge in [-0.15, -0.1) is 11.3 Å². The third-order valence-corrected chi connectivity index (χ3v) is 8.97. The van der Waals surface area contributed by atoms with Gasteiger partial charge < -0.3 is 4.74 Å². The van der Waals surface area contributed by atoms with E-state index in [2.05, 4.69) is 78.9 Å². The van der Waals surface area contributed by atoms with Crippen LogP contribution in [0.1, 0.15) is 11.1 Å². The summed E-state index contributed by atoms with van der Waals surface area (Å²) in [5, 5.41) is 21.6. The lowest BCUT2D eigenvalue weighted by atomic mass is 9.92. The van der Waals surface area contributed by atoms with Gasteiger partial charge in [-0.2, -0.15) is 10.5 Å². The molecule has 6 aromatic rings. The number of rotatable bonds is 2. The zero-order valence-electron chi connectivity index (χ0n) is 21.1. The first kappa shape index (κ1) is 22.6. The molecule has 8 rings (SSSR count). The van der Waals surface area contributed by atoms with Gasteiger partial charge in [0.15, 0.2) is 0 Å². The standard InChI is InChI=1S/C36H18N2OS/c37-19-22(20-38)35-26-8-2-1-6-23(26)30-18-21(12-13-29(30)35)33-16-17-34(40-33)25-14-15-28-24-7-3-4-10-31(24)39-32-11-5-9-27(25)36(28)32/h1-18H. The number of hydrogen-bond acceptors (Lipinski definition) is 4. The molecule has 0 N–H and O–H groups in total. The molecule has 4 heteroatoms. The lowest BCUT2D eigenvalue weighted by Gasteiger charge is -2.22. The van der Waals surface area contributed by atoms with Gasteiger partial charge in [0.2, 0.25) is 0 Å². The summed E-state index contributed by atoms with van der Waals surface area (Å²) in [6.07, 6.45) is 0. The number of fused-ring (bicyclic) bond motifs is 5. The number of nitrogens with zero attached hydrogens (tertiary/aromatic N) is 2. The number of allylic oxidation sites excluding steroid dienone is 1. The van der Waals surface area contributed by atoms with E-state index in [1.54, 1.807) is 11.3 Å². The lowest BCUT2D eigenvalue weighted by molar-refractivity contribution is 0.487. The average Bonchev–Trinajstić information content (AvgIpc) is 3.62. The van der Waals surface area contributed by atoms with Crippen molar-refractivity contribution in [2.75, 3.05) is 0 Å². The van der Waals surface area contributed by atoms with E-state index < -0.39 is 0 Å². The Morgan fingerprint density at radius 3 is 2.08 bits per heavy atom. The third-order valence-electron chi connectivity index (χ3n) is 7.80. The molecule has 3 nitrogen and oxygen atoms in total. The van der Waals surface area contributed by atoms with Gasteiger partial charge in [-0.05, 0) is 74.7 Å². The summed E-state index contributed by atoms with van der Waals surface area (Å²) in [6.45, 7) is 0. The Morgan fingerprint density at radius 1 is 0.550 bits per heavy atom. The lowest BCUT2D eigenvalue weighted by Crippen LogP contribution is -1.97. The number of benzene rings is 5. The van der Waals surface area contributed by atoms with Gasteiger partial charge in [-0.3, -0.25) is 0 Å². The molecule has 1 aliphatic heterocycles. The minimum atomic E-state index is 0.145. The van der Waals surface area contributed by atoms with Crippen LogP contribution in [-0.4, -0.2) is 0 Å². The molecule has 0 saturated carbocycles. The number of hydrogen-bond donors (Lipinski definition) is 0. The van der Waals surface area contributed by atoms with Crippen molar-refractivity contribution < 1.29 is 4.74 Å². The first-order valence-electron chi connectivity index (χ1n) is 13.0. The van der Waals surface area contributed by atoms with E-state index in [0.29, 0.717) is 0 Å². The molecule has 184 valence electrons. The summed E-state index contributed by atoms with van der Waals surface area (Å²) in [4.78, 5) is 2.35. The Balaban J connectivity index is 1.25. The van der Waals surface area contributed by atoms with Crippen molar-refractivity contribution in [2.24, 2.45) is 0 Å². The van der Waals surface area contributed by atoms with Gasteiger partial charge in [-0.1, -0.05) is 78.9 Å². The van der Waals surface area contributed by atoms with Crippen LogP contribution in [0.15, 0.2) is 115 Å². The highest BCUT2D eigenvalue weighted by Crippen LogP contribution is 2.50. The van der Waals surface area contributed by atoms with Gasteiger partial charge in [0.1, 0.15) is 29.2 Å². The highest BCUT2D eigenvalue weighted by molar-refractivity contribution is 7.18. The van der Waals surface area contributed by atoms with Crippen molar-refractivity contribution in [1.82, 2.24) is 0 Å². The van der Waals surface area contributed by atoms with Crippen molar-refractivity contribution in [3.63, 3.8) is 0 Å². The van der Waals surface area contributed by atoms with Crippen LogP contribution in [0.4, 0.5) is 0 Å². The van der Waals surface area contributed by atoms with E-state index in [9.17, 15) is 10.5 Å². The molecule has 1 aromatic heterocycles. The molecule has 0 saturated heterocycles. The molecule has 2 heterocycles. The quantitative estimate of drug-likeness (QED) is 0.211. The number of ether oxygens (including phenoxy) is 1. The van der Waals surface area contributed by atoms with Crippen molar-refractivity contribution in [2.45, 2.75) is 0 Å². The summed E-state index contributed by atoms with van der Waals surface area (Å²) in [7, 11) is 0. The first-order valence-corrected chi connectivity index (χ1v) is 13.8. The largest absolute Gasteiger partial charge is 0.456 e. The maximum atomic E-state index is 9.62. The molecule has 0 unspecified atom stereocenters. The molecular formula is C36H18N2OS. The smallest absolute Gasteiger partial charge is 0.138 e. The highest BCUT2D eigenvalue weighted by Gasteiger charge is 2.27. The Labute approximate surface area is 235 Å². The van der Waals surface area contributed by atoms with Crippen LogP contribution in [0, 0.1) is 22.7 Å². The minimum Gasteiger partial charge on any atom is -0.456 e. The fraction of sp³-hybridized carbons (Fsp3) is 0. The second-order valence-corrected chi connectivity index (χ2v) is 11.0. The predicted octanol–water partition coefficient (Wildman–Crippen LogP) is 9.84. The van der Waals surface area contributed by atoms with E-state index in [-0.39, 0.29) is 5.57 Å². The van der Waals surface area contributed by atoms with Crippen LogP contribution >= 0.6 is 11.3 Å². The number of nitriles is 2. The third kappa shape index (κ3) is 3.15. The normalized spacial score (nSPS) is 12.1. The average molecular weight is 527 g/mol. The van der Waals surface area contributed by atoms with E-state index in [1.165, 1.54) is 21.4 Å². The maximum Gasteiger partial charge on any atom is 0.138 e. The zero-order chi connectivity index (χ0) is 26.8. The van der Waals surface area contributed by atoms with Crippen molar-refractivity contribution in [3.8, 4) is 66.8 Å². The summed E-state index contributed by atoms with van der Waals surface area (Å²) in [6, 6.07) is 41.8. The Hall–Kier alpha value is -5.42. The highest BCUT2D eigenvalue weighted by atomic mass is 32.1. The molecule has 0 fully saturated rings. The topological polar surface area (TPSA) is 56.8 Å². The van der Waals surface area contributed by atoms with Crippen molar-refractivity contribution in [3.05, 3.63) is 126 Å². The van der Waals surface area contributed by atoms with Crippen LogP contribution in [-0.2, 0) is 0 Å². The van der Waals surface area contributed by atoms with Gasteiger partial charge in [0.05, 0.1) is 0 Å². The van der Waals surface area contributed by atoms with Gasteiger partial charge in [0, 0.05) is 26.3 Å². The Morgan fingerprint density at radius 2 is 1.23 bits per heavy atom. The van der Waals surface area contributed by atoms with E-state index in [0.717, 1.165) is 60.7 Å². The van der Waals surface area contributed by atoms with E-state index in [4.69, 9.17) is 4.74 Å².